The van der Waals surface area contributed by atoms with Gasteiger partial charge in [-0.05, 0) is 44.6 Å². The minimum atomic E-state index is 0.415. The summed E-state index contributed by atoms with van der Waals surface area (Å²) < 4.78 is 8.65. The molecule has 0 bridgehead atoms. The van der Waals surface area contributed by atoms with Crippen LogP contribution in [-0.4, -0.2) is 16.2 Å². The molecule has 0 aliphatic carbocycles. The van der Waals surface area contributed by atoms with Crippen LogP contribution in [0.5, 0.6) is 5.75 Å². The topological polar surface area (TPSA) is 29.9 Å². The molecule has 1 aromatic carbocycles. The Balaban J connectivity index is 2.47. The number of unbranched alkanes of at least 4 members (excludes halogenated alkanes) is 1. The number of rotatable bonds is 6. The first kappa shape index (κ1) is 14.1. The van der Waals surface area contributed by atoms with E-state index in [1.165, 1.54) is 12.8 Å². The lowest BCUT2D eigenvalue weighted by atomic mass is 10.1. The molecule has 2 aromatic rings. The van der Waals surface area contributed by atoms with Crippen molar-refractivity contribution in [2.75, 3.05) is 6.61 Å². The van der Waals surface area contributed by atoms with Crippen molar-refractivity contribution < 1.29 is 4.74 Å². The van der Waals surface area contributed by atoms with Gasteiger partial charge in [-0.15, -0.1) is 0 Å². The maximum Gasteiger partial charge on any atom is 0.178 e. The molecule has 0 fully saturated rings. The van der Waals surface area contributed by atoms with Gasteiger partial charge in [-0.3, -0.25) is 0 Å². The summed E-state index contributed by atoms with van der Waals surface area (Å²) in [6.07, 6.45) is 3.58. The third-order valence-corrected chi connectivity index (χ3v) is 3.73. The summed E-state index contributed by atoms with van der Waals surface area (Å²) in [6.45, 7) is 7.10. The lowest BCUT2D eigenvalue weighted by Crippen LogP contribution is -2.05. The summed E-state index contributed by atoms with van der Waals surface area (Å²) in [6, 6.07) is 6.53. The van der Waals surface area contributed by atoms with Gasteiger partial charge in [-0.1, -0.05) is 25.8 Å². The summed E-state index contributed by atoms with van der Waals surface area (Å²) in [5.41, 5.74) is 2.15. The van der Waals surface area contributed by atoms with Crippen LogP contribution in [0.2, 0.25) is 0 Å². The van der Waals surface area contributed by atoms with Gasteiger partial charge in [0, 0.05) is 6.04 Å². The molecule has 1 heterocycles. The molecule has 104 valence electrons. The van der Waals surface area contributed by atoms with Crippen LogP contribution >= 0.6 is 12.2 Å². The van der Waals surface area contributed by atoms with E-state index >= 15 is 0 Å². The Morgan fingerprint density at radius 2 is 2.16 bits per heavy atom. The van der Waals surface area contributed by atoms with Gasteiger partial charge in [0.15, 0.2) is 4.77 Å². The SMILES string of the molecule is CCCCC(C)n1c(=S)[nH]c2c(OCC)cccc21. The fraction of sp³-hybridized carbons (Fsp3) is 0.533. The smallest absolute Gasteiger partial charge is 0.178 e. The van der Waals surface area contributed by atoms with Crippen molar-refractivity contribution in [3.05, 3.63) is 23.0 Å². The number of para-hydroxylation sites is 1. The summed E-state index contributed by atoms with van der Waals surface area (Å²) in [5.74, 6) is 0.882. The van der Waals surface area contributed by atoms with Crippen LogP contribution in [-0.2, 0) is 0 Å². The Labute approximate surface area is 119 Å². The minimum absolute atomic E-state index is 0.415. The Kier molecular flexibility index (Phi) is 4.64. The molecule has 19 heavy (non-hydrogen) atoms. The van der Waals surface area contributed by atoms with E-state index in [2.05, 4.69) is 29.5 Å². The number of aromatic nitrogens is 2. The maximum atomic E-state index is 5.66. The van der Waals surface area contributed by atoms with E-state index in [1.807, 2.05) is 19.1 Å². The Morgan fingerprint density at radius 1 is 1.37 bits per heavy atom. The van der Waals surface area contributed by atoms with Crippen molar-refractivity contribution in [3.63, 3.8) is 0 Å². The van der Waals surface area contributed by atoms with Crippen molar-refractivity contribution in [3.8, 4) is 5.75 Å². The number of imidazole rings is 1. The van der Waals surface area contributed by atoms with E-state index in [0.717, 1.165) is 28.0 Å². The van der Waals surface area contributed by atoms with Crippen LogP contribution in [0.4, 0.5) is 0 Å². The predicted octanol–water partition coefficient (Wildman–Crippen LogP) is 4.85. The molecule has 3 nitrogen and oxygen atoms in total. The van der Waals surface area contributed by atoms with Gasteiger partial charge in [0.2, 0.25) is 0 Å². The number of fused-ring (bicyclic) bond motifs is 1. The van der Waals surface area contributed by atoms with Crippen LogP contribution in [0, 0.1) is 4.77 Å². The van der Waals surface area contributed by atoms with Gasteiger partial charge in [0.25, 0.3) is 0 Å². The molecule has 0 saturated carbocycles. The second kappa shape index (κ2) is 6.24. The van der Waals surface area contributed by atoms with Crippen molar-refractivity contribution >= 4 is 23.3 Å². The van der Waals surface area contributed by atoms with Gasteiger partial charge in [-0.25, -0.2) is 0 Å². The minimum Gasteiger partial charge on any atom is -0.492 e. The van der Waals surface area contributed by atoms with Gasteiger partial charge >= 0.3 is 0 Å². The molecule has 0 spiro atoms. The summed E-state index contributed by atoms with van der Waals surface area (Å²) in [7, 11) is 0. The zero-order valence-corrected chi connectivity index (χ0v) is 12.7. The van der Waals surface area contributed by atoms with Gasteiger partial charge in [0.1, 0.15) is 11.3 Å². The predicted molar refractivity (Wildman–Crippen MR) is 82.5 cm³/mol. The van der Waals surface area contributed by atoms with Crippen LogP contribution in [0.3, 0.4) is 0 Å². The quantitative estimate of drug-likeness (QED) is 0.766. The van der Waals surface area contributed by atoms with E-state index in [4.69, 9.17) is 17.0 Å². The number of H-pyrrole nitrogens is 1. The molecule has 0 amide bonds. The van der Waals surface area contributed by atoms with E-state index in [1.54, 1.807) is 0 Å². The first-order chi connectivity index (χ1) is 9.19. The Hall–Kier alpha value is -1.29. The second-order valence-corrected chi connectivity index (χ2v) is 5.26. The van der Waals surface area contributed by atoms with Crippen LogP contribution in [0.25, 0.3) is 11.0 Å². The van der Waals surface area contributed by atoms with E-state index in [0.29, 0.717) is 12.6 Å². The highest BCUT2D eigenvalue weighted by atomic mass is 32.1. The molecule has 0 saturated heterocycles. The van der Waals surface area contributed by atoms with Gasteiger partial charge in [-0.2, -0.15) is 0 Å². The lowest BCUT2D eigenvalue weighted by Gasteiger charge is -2.14. The van der Waals surface area contributed by atoms with Gasteiger partial charge < -0.3 is 14.3 Å². The zero-order chi connectivity index (χ0) is 13.8. The molecule has 1 N–H and O–H groups in total. The second-order valence-electron chi connectivity index (χ2n) is 4.87. The first-order valence-electron chi connectivity index (χ1n) is 7.05. The number of hydrogen-bond donors (Lipinski definition) is 1. The van der Waals surface area contributed by atoms with Crippen molar-refractivity contribution in [2.24, 2.45) is 0 Å². The van der Waals surface area contributed by atoms with Crippen LogP contribution in [0.1, 0.15) is 46.1 Å². The molecule has 1 atom stereocenters. The zero-order valence-electron chi connectivity index (χ0n) is 11.9. The number of hydrogen-bond acceptors (Lipinski definition) is 2. The van der Waals surface area contributed by atoms with Crippen molar-refractivity contribution in [1.82, 2.24) is 9.55 Å². The first-order valence-corrected chi connectivity index (χ1v) is 7.45. The molecular weight excluding hydrogens is 256 g/mol. The summed E-state index contributed by atoms with van der Waals surface area (Å²) in [5, 5.41) is 0. The molecule has 4 heteroatoms. The molecule has 1 unspecified atom stereocenters. The highest BCUT2D eigenvalue weighted by molar-refractivity contribution is 7.71. The number of benzene rings is 1. The Bertz CT molecular complexity index is 600. The average Bonchev–Trinajstić information content (AvgIpc) is 2.73. The Morgan fingerprint density at radius 3 is 2.84 bits per heavy atom. The van der Waals surface area contributed by atoms with Crippen molar-refractivity contribution in [1.29, 1.82) is 0 Å². The van der Waals surface area contributed by atoms with Gasteiger partial charge in [0.05, 0.1) is 12.1 Å². The molecule has 2 rings (SSSR count). The summed E-state index contributed by atoms with van der Waals surface area (Å²) >= 11 is 5.48. The maximum absolute atomic E-state index is 5.66. The highest BCUT2D eigenvalue weighted by Gasteiger charge is 2.13. The number of ether oxygens (including phenoxy) is 1. The summed E-state index contributed by atoms with van der Waals surface area (Å²) in [4.78, 5) is 3.29. The normalized spacial score (nSPS) is 12.8. The number of aromatic amines is 1. The molecule has 0 radical (unpaired) electrons. The average molecular weight is 278 g/mol. The molecule has 0 aliphatic heterocycles. The van der Waals surface area contributed by atoms with Crippen molar-refractivity contribution in [2.45, 2.75) is 46.1 Å². The molecular formula is C15H22N2OS. The molecule has 0 aliphatic rings. The monoisotopic (exact) mass is 278 g/mol. The number of nitrogens with one attached hydrogen (secondary N) is 1. The highest BCUT2D eigenvalue weighted by Crippen LogP contribution is 2.28. The van der Waals surface area contributed by atoms with E-state index in [9.17, 15) is 0 Å². The number of nitrogens with zero attached hydrogens (tertiary/aromatic N) is 1. The van der Waals surface area contributed by atoms with Crippen LogP contribution < -0.4 is 4.74 Å². The molecule has 1 aromatic heterocycles. The fourth-order valence-electron chi connectivity index (χ4n) is 2.46. The van der Waals surface area contributed by atoms with Crippen LogP contribution in [0.15, 0.2) is 18.2 Å². The lowest BCUT2D eigenvalue weighted by molar-refractivity contribution is 0.343. The fourth-order valence-corrected chi connectivity index (χ4v) is 2.84. The van der Waals surface area contributed by atoms with E-state index in [-0.39, 0.29) is 0 Å². The van der Waals surface area contributed by atoms with E-state index < -0.39 is 0 Å². The third kappa shape index (κ3) is 2.84. The third-order valence-electron chi connectivity index (χ3n) is 3.43. The standard InChI is InChI=1S/C15H22N2OS/c1-4-6-8-11(3)17-12-9-7-10-13(18-5-2)14(12)16-15(17)19/h7,9-11H,4-6,8H2,1-3H3,(H,16,19). The largest absolute Gasteiger partial charge is 0.492 e.